The van der Waals surface area contributed by atoms with Gasteiger partial charge in [-0.2, -0.15) is 0 Å². The average molecular weight is 282 g/mol. The van der Waals surface area contributed by atoms with Gasteiger partial charge in [0.05, 0.1) is 25.5 Å². The van der Waals surface area contributed by atoms with E-state index in [1.165, 1.54) is 0 Å². The van der Waals surface area contributed by atoms with Gasteiger partial charge in [-0.05, 0) is 18.2 Å². The highest BCUT2D eigenvalue weighted by Gasteiger charge is 2.07. The summed E-state index contributed by atoms with van der Waals surface area (Å²) in [7, 11) is 3.21. The number of nitrogen functional groups attached to an aromatic ring is 1. The number of nitrogens with two attached hydrogens (primary N) is 1. The van der Waals surface area contributed by atoms with Crippen LogP contribution in [0.1, 0.15) is 16.8 Å². The lowest BCUT2D eigenvalue weighted by Gasteiger charge is -2.10. The predicted octanol–water partition coefficient (Wildman–Crippen LogP) is 1.06. The van der Waals surface area contributed by atoms with Crippen molar-refractivity contribution in [3.8, 4) is 5.75 Å². The molecule has 0 unspecified atom stereocenters. The number of carbonyl (C=O) groups is 1. The monoisotopic (exact) mass is 282 g/mol. The fourth-order valence-corrected chi connectivity index (χ4v) is 1.55. The molecule has 0 aliphatic rings. The maximum Gasteiger partial charge on any atom is 0.251 e. The van der Waals surface area contributed by atoms with Gasteiger partial charge in [-0.1, -0.05) is 0 Å². The number of ether oxygens (including phenoxy) is 3. The van der Waals surface area contributed by atoms with Crippen molar-refractivity contribution < 1.29 is 19.0 Å². The lowest BCUT2D eigenvalue weighted by molar-refractivity contribution is 0.0645. The van der Waals surface area contributed by atoms with Crippen molar-refractivity contribution >= 4 is 11.6 Å². The van der Waals surface area contributed by atoms with Crippen molar-refractivity contribution in [3.63, 3.8) is 0 Å². The van der Waals surface area contributed by atoms with Gasteiger partial charge in [0.15, 0.2) is 0 Å². The van der Waals surface area contributed by atoms with Crippen LogP contribution in [-0.2, 0) is 9.47 Å². The van der Waals surface area contributed by atoms with Crippen LogP contribution < -0.4 is 15.8 Å². The molecule has 0 aliphatic heterocycles. The molecule has 1 aromatic rings. The quantitative estimate of drug-likeness (QED) is 0.523. The van der Waals surface area contributed by atoms with Crippen LogP contribution in [0.2, 0.25) is 0 Å². The third-order valence-corrected chi connectivity index (χ3v) is 2.62. The van der Waals surface area contributed by atoms with Crippen molar-refractivity contribution in [3.05, 3.63) is 23.8 Å². The molecule has 0 atom stereocenters. The Morgan fingerprint density at radius 3 is 2.70 bits per heavy atom. The smallest absolute Gasteiger partial charge is 0.251 e. The van der Waals surface area contributed by atoms with Crippen molar-refractivity contribution in [2.75, 3.05) is 46.3 Å². The Morgan fingerprint density at radius 2 is 2.05 bits per heavy atom. The highest BCUT2D eigenvalue weighted by Crippen LogP contribution is 2.22. The van der Waals surface area contributed by atoms with Gasteiger partial charge in [0.2, 0.25) is 0 Å². The average Bonchev–Trinajstić information content (AvgIpc) is 2.46. The van der Waals surface area contributed by atoms with E-state index in [9.17, 15) is 4.79 Å². The Hall–Kier alpha value is -1.79. The minimum absolute atomic E-state index is 0.171. The third kappa shape index (κ3) is 5.46. The second-order valence-electron chi connectivity index (χ2n) is 4.14. The van der Waals surface area contributed by atoms with Crippen LogP contribution in [0, 0.1) is 0 Å². The summed E-state index contributed by atoms with van der Waals surface area (Å²) < 4.78 is 15.7. The molecule has 0 aromatic heterocycles. The Kier molecular flexibility index (Phi) is 7.46. The van der Waals surface area contributed by atoms with Gasteiger partial charge in [0, 0.05) is 32.7 Å². The second kappa shape index (κ2) is 9.17. The predicted molar refractivity (Wildman–Crippen MR) is 77.1 cm³/mol. The van der Waals surface area contributed by atoms with Crippen LogP contribution >= 0.6 is 0 Å². The van der Waals surface area contributed by atoms with Crippen molar-refractivity contribution in [2.45, 2.75) is 6.42 Å². The summed E-state index contributed by atoms with van der Waals surface area (Å²) in [6.45, 7) is 2.30. The molecule has 1 aromatic carbocycles. The first-order valence-corrected chi connectivity index (χ1v) is 6.50. The molecule has 1 amide bonds. The van der Waals surface area contributed by atoms with Gasteiger partial charge in [-0.3, -0.25) is 4.79 Å². The number of hydrogen-bond donors (Lipinski definition) is 2. The topological polar surface area (TPSA) is 82.8 Å². The van der Waals surface area contributed by atoms with Crippen molar-refractivity contribution in [1.82, 2.24) is 5.32 Å². The Morgan fingerprint density at radius 1 is 1.25 bits per heavy atom. The molecule has 20 heavy (non-hydrogen) atoms. The molecule has 3 N–H and O–H groups in total. The molecule has 0 bridgehead atoms. The number of anilines is 1. The molecule has 112 valence electrons. The van der Waals surface area contributed by atoms with Crippen molar-refractivity contribution in [2.24, 2.45) is 0 Å². The number of rotatable bonds is 9. The zero-order valence-electron chi connectivity index (χ0n) is 12.0. The van der Waals surface area contributed by atoms with Gasteiger partial charge < -0.3 is 25.3 Å². The summed E-state index contributed by atoms with van der Waals surface area (Å²) in [5.41, 5.74) is 6.81. The largest absolute Gasteiger partial charge is 0.491 e. The number of amides is 1. The van der Waals surface area contributed by atoms with Crippen LogP contribution in [0.15, 0.2) is 18.2 Å². The lowest BCUT2D eigenvalue weighted by atomic mass is 10.2. The van der Waals surface area contributed by atoms with Crippen LogP contribution in [0.5, 0.6) is 5.75 Å². The van der Waals surface area contributed by atoms with Crippen LogP contribution in [0.3, 0.4) is 0 Å². The maximum absolute atomic E-state index is 11.4. The molecule has 0 spiro atoms. The molecule has 0 saturated heterocycles. The first-order valence-electron chi connectivity index (χ1n) is 6.50. The van der Waals surface area contributed by atoms with E-state index in [0.717, 1.165) is 6.42 Å². The van der Waals surface area contributed by atoms with Gasteiger partial charge in [-0.15, -0.1) is 0 Å². The molecular weight excluding hydrogens is 260 g/mol. The summed E-state index contributed by atoms with van der Waals surface area (Å²) in [6.07, 6.45) is 0.764. The normalized spacial score (nSPS) is 10.3. The molecule has 0 saturated carbocycles. The van der Waals surface area contributed by atoms with Gasteiger partial charge >= 0.3 is 0 Å². The van der Waals surface area contributed by atoms with E-state index in [4.69, 9.17) is 19.9 Å². The molecular formula is C14H22N2O4. The number of benzene rings is 1. The lowest BCUT2D eigenvalue weighted by Crippen LogP contribution is -2.18. The van der Waals surface area contributed by atoms with Gasteiger partial charge in [0.25, 0.3) is 5.91 Å². The zero-order valence-corrected chi connectivity index (χ0v) is 12.0. The minimum atomic E-state index is -0.171. The third-order valence-electron chi connectivity index (χ3n) is 2.62. The van der Waals surface area contributed by atoms with Crippen molar-refractivity contribution in [1.29, 1.82) is 0 Å². The van der Waals surface area contributed by atoms with E-state index >= 15 is 0 Å². The van der Waals surface area contributed by atoms with Crippen LogP contribution in [-0.4, -0.2) is 46.5 Å². The number of nitrogens with one attached hydrogen (secondary N) is 1. The molecule has 1 rings (SSSR count). The fraction of sp³-hybridized carbons (Fsp3) is 0.500. The number of methoxy groups -OCH3 is 1. The van der Waals surface area contributed by atoms with E-state index in [1.807, 2.05) is 0 Å². The second-order valence-corrected chi connectivity index (χ2v) is 4.14. The first kappa shape index (κ1) is 16.3. The summed E-state index contributed by atoms with van der Waals surface area (Å²) >= 11 is 0. The summed E-state index contributed by atoms with van der Waals surface area (Å²) in [6, 6.07) is 4.98. The molecule has 0 fully saturated rings. The number of hydrogen-bond acceptors (Lipinski definition) is 5. The van der Waals surface area contributed by atoms with E-state index in [2.05, 4.69) is 5.32 Å². The first-order chi connectivity index (χ1) is 9.69. The van der Waals surface area contributed by atoms with E-state index in [0.29, 0.717) is 43.4 Å². The van der Waals surface area contributed by atoms with Crippen LogP contribution in [0.4, 0.5) is 5.69 Å². The Balaban J connectivity index is 2.32. The molecule has 0 radical (unpaired) electrons. The zero-order chi connectivity index (χ0) is 14.8. The SMILES string of the molecule is CNC(=O)c1ccc(OCCCOCCOC)c(N)c1. The minimum Gasteiger partial charge on any atom is -0.491 e. The number of carbonyl (C=O) groups excluding carboxylic acids is 1. The standard InChI is InChI=1S/C14H22N2O4/c1-16-14(17)11-4-5-13(12(15)10-11)20-7-3-6-19-9-8-18-2/h4-5,10H,3,6-9,15H2,1-2H3,(H,16,17). The van der Waals surface area contributed by atoms with Gasteiger partial charge in [0.1, 0.15) is 5.75 Å². The Labute approximate surface area is 119 Å². The highest BCUT2D eigenvalue weighted by molar-refractivity contribution is 5.95. The maximum atomic E-state index is 11.4. The molecule has 0 heterocycles. The summed E-state index contributed by atoms with van der Waals surface area (Å²) in [5.74, 6) is 0.407. The Bertz CT molecular complexity index is 424. The summed E-state index contributed by atoms with van der Waals surface area (Å²) in [5, 5.41) is 2.54. The van der Waals surface area contributed by atoms with E-state index in [-0.39, 0.29) is 5.91 Å². The molecule has 0 aliphatic carbocycles. The van der Waals surface area contributed by atoms with Gasteiger partial charge in [-0.25, -0.2) is 0 Å². The molecule has 6 nitrogen and oxygen atoms in total. The molecule has 6 heteroatoms. The fourth-order valence-electron chi connectivity index (χ4n) is 1.55. The van der Waals surface area contributed by atoms with E-state index in [1.54, 1.807) is 32.4 Å². The highest BCUT2D eigenvalue weighted by atomic mass is 16.5. The summed E-state index contributed by atoms with van der Waals surface area (Å²) in [4.78, 5) is 11.4. The van der Waals surface area contributed by atoms with E-state index < -0.39 is 0 Å². The van der Waals surface area contributed by atoms with Crippen LogP contribution in [0.25, 0.3) is 0 Å².